The molecular formula is C22H25N5O. The number of aryl methyl sites for hydroxylation is 2. The number of fused-ring (bicyclic) bond motifs is 1. The van der Waals surface area contributed by atoms with Crippen LogP contribution in [0.2, 0.25) is 0 Å². The molecule has 0 aliphatic heterocycles. The summed E-state index contributed by atoms with van der Waals surface area (Å²) in [7, 11) is 0. The van der Waals surface area contributed by atoms with Gasteiger partial charge >= 0.3 is 0 Å². The van der Waals surface area contributed by atoms with Gasteiger partial charge in [-0.25, -0.2) is 4.98 Å². The van der Waals surface area contributed by atoms with Crippen LogP contribution in [0, 0.1) is 6.92 Å². The van der Waals surface area contributed by atoms with Crippen LogP contribution in [0.25, 0.3) is 10.9 Å². The highest BCUT2D eigenvalue weighted by Gasteiger charge is 2.20. The molecule has 3 N–H and O–H groups in total. The number of nitrogens with zero attached hydrogens (tertiary/aromatic N) is 2. The standard InChI is InChI=1S/C22H25N5O/c1-3-19-15(2)18-10-16(6-7-20(18)26-19)12-24-22(28)21(27-8-4-5-9-27)11-17-13-23-14-25-17/h4-10,13-14,21,26H,3,11-12H2,1-2H3,(H,23,25)(H,24,28). The van der Waals surface area contributed by atoms with Gasteiger partial charge in [0.15, 0.2) is 0 Å². The van der Waals surface area contributed by atoms with E-state index in [4.69, 9.17) is 0 Å². The van der Waals surface area contributed by atoms with Gasteiger partial charge in [0.2, 0.25) is 5.91 Å². The Kier molecular flexibility index (Phi) is 5.02. The number of carbonyl (C=O) groups excluding carboxylic acids is 1. The van der Waals surface area contributed by atoms with Gasteiger partial charge in [-0.15, -0.1) is 0 Å². The van der Waals surface area contributed by atoms with Crippen LogP contribution in [-0.4, -0.2) is 25.4 Å². The average molecular weight is 375 g/mol. The van der Waals surface area contributed by atoms with Crippen molar-refractivity contribution in [2.45, 2.75) is 39.3 Å². The lowest BCUT2D eigenvalue weighted by Crippen LogP contribution is -2.33. The maximum Gasteiger partial charge on any atom is 0.243 e. The molecule has 3 aromatic heterocycles. The number of hydrogen-bond donors (Lipinski definition) is 3. The Morgan fingerprint density at radius 1 is 1.29 bits per heavy atom. The molecule has 0 aliphatic carbocycles. The molecule has 6 nitrogen and oxygen atoms in total. The number of amides is 1. The summed E-state index contributed by atoms with van der Waals surface area (Å²) in [6.07, 6.45) is 8.79. The smallest absolute Gasteiger partial charge is 0.243 e. The topological polar surface area (TPSA) is 78.5 Å². The van der Waals surface area contributed by atoms with E-state index < -0.39 is 0 Å². The van der Waals surface area contributed by atoms with Crippen LogP contribution in [0.15, 0.2) is 55.2 Å². The van der Waals surface area contributed by atoms with Crippen molar-refractivity contribution in [3.05, 3.63) is 77.8 Å². The summed E-state index contributed by atoms with van der Waals surface area (Å²) in [6, 6.07) is 9.87. The van der Waals surface area contributed by atoms with E-state index in [1.54, 1.807) is 12.5 Å². The number of aromatic nitrogens is 4. The third-order valence-corrected chi connectivity index (χ3v) is 5.30. The van der Waals surface area contributed by atoms with Crippen LogP contribution in [0.3, 0.4) is 0 Å². The average Bonchev–Trinajstić information content (AvgIpc) is 3.46. The Balaban J connectivity index is 1.50. The molecule has 1 amide bonds. The molecule has 144 valence electrons. The Bertz CT molecular complexity index is 1060. The predicted octanol–water partition coefficient (Wildman–Crippen LogP) is 3.66. The van der Waals surface area contributed by atoms with Crippen molar-refractivity contribution >= 4 is 16.8 Å². The van der Waals surface area contributed by atoms with Crippen molar-refractivity contribution < 1.29 is 4.79 Å². The SMILES string of the molecule is CCc1[nH]c2ccc(CNC(=O)C(Cc3cnc[nH]3)n3cccc3)cc2c1C. The van der Waals surface area contributed by atoms with Crippen LogP contribution in [0.4, 0.5) is 0 Å². The number of nitrogens with one attached hydrogen (secondary N) is 3. The first-order valence-electron chi connectivity index (χ1n) is 9.63. The molecule has 0 saturated carbocycles. The van der Waals surface area contributed by atoms with Crippen LogP contribution < -0.4 is 5.32 Å². The van der Waals surface area contributed by atoms with Gasteiger partial charge < -0.3 is 19.9 Å². The zero-order valence-electron chi connectivity index (χ0n) is 16.2. The molecule has 4 aromatic rings. The molecule has 3 heterocycles. The third kappa shape index (κ3) is 3.58. The first-order chi connectivity index (χ1) is 13.7. The lowest BCUT2D eigenvalue weighted by molar-refractivity contribution is -0.124. The summed E-state index contributed by atoms with van der Waals surface area (Å²) in [5, 5.41) is 4.33. The Labute approximate surface area is 164 Å². The number of rotatable bonds is 7. The lowest BCUT2D eigenvalue weighted by Gasteiger charge is -2.18. The fourth-order valence-electron chi connectivity index (χ4n) is 3.69. The molecule has 28 heavy (non-hydrogen) atoms. The molecule has 1 aromatic carbocycles. The fraction of sp³-hybridized carbons (Fsp3) is 0.273. The van der Waals surface area contributed by atoms with E-state index in [-0.39, 0.29) is 11.9 Å². The minimum Gasteiger partial charge on any atom is -0.358 e. The summed E-state index contributed by atoms with van der Waals surface area (Å²) in [6.45, 7) is 4.80. The number of carbonyl (C=O) groups is 1. The van der Waals surface area contributed by atoms with Crippen LogP contribution in [0.1, 0.15) is 35.5 Å². The highest BCUT2D eigenvalue weighted by Crippen LogP contribution is 2.23. The maximum atomic E-state index is 12.9. The first kappa shape index (κ1) is 18.1. The van der Waals surface area contributed by atoms with E-state index in [0.29, 0.717) is 13.0 Å². The number of H-pyrrole nitrogens is 2. The van der Waals surface area contributed by atoms with Gasteiger partial charge in [0.1, 0.15) is 6.04 Å². The number of hydrogen-bond acceptors (Lipinski definition) is 2. The van der Waals surface area contributed by atoms with Gasteiger partial charge in [0.05, 0.1) is 6.33 Å². The summed E-state index contributed by atoms with van der Waals surface area (Å²) < 4.78 is 1.93. The highest BCUT2D eigenvalue weighted by molar-refractivity contribution is 5.85. The minimum absolute atomic E-state index is 0.00839. The van der Waals surface area contributed by atoms with E-state index >= 15 is 0 Å². The molecule has 4 rings (SSSR count). The van der Waals surface area contributed by atoms with Crippen LogP contribution >= 0.6 is 0 Å². The van der Waals surface area contributed by atoms with Gasteiger partial charge in [-0.3, -0.25) is 4.79 Å². The van der Waals surface area contributed by atoms with Crippen molar-refractivity contribution in [3.8, 4) is 0 Å². The zero-order valence-corrected chi connectivity index (χ0v) is 16.2. The number of benzene rings is 1. The predicted molar refractivity (Wildman–Crippen MR) is 110 cm³/mol. The molecule has 0 aliphatic rings. The van der Waals surface area contributed by atoms with Gasteiger partial charge in [-0.1, -0.05) is 13.0 Å². The molecule has 0 fully saturated rings. The van der Waals surface area contributed by atoms with E-state index in [9.17, 15) is 4.79 Å². The monoisotopic (exact) mass is 375 g/mol. The van der Waals surface area contributed by atoms with Gasteiger partial charge in [-0.2, -0.15) is 0 Å². The molecule has 6 heteroatoms. The van der Waals surface area contributed by atoms with E-state index in [1.807, 2.05) is 29.1 Å². The second-order valence-corrected chi connectivity index (χ2v) is 7.11. The summed E-state index contributed by atoms with van der Waals surface area (Å²) in [4.78, 5) is 23.6. The maximum absolute atomic E-state index is 12.9. The van der Waals surface area contributed by atoms with Gasteiger partial charge in [0.25, 0.3) is 0 Å². The highest BCUT2D eigenvalue weighted by atomic mass is 16.2. The van der Waals surface area contributed by atoms with Crippen LogP contribution in [-0.2, 0) is 24.2 Å². The van der Waals surface area contributed by atoms with E-state index in [2.05, 4.69) is 52.3 Å². The van der Waals surface area contributed by atoms with E-state index in [0.717, 1.165) is 23.2 Å². The van der Waals surface area contributed by atoms with Crippen molar-refractivity contribution in [2.24, 2.45) is 0 Å². The number of imidazole rings is 1. The molecule has 1 atom stereocenters. The summed E-state index contributed by atoms with van der Waals surface area (Å²) in [5.41, 5.74) is 5.73. The lowest BCUT2D eigenvalue weighted by atomic mass is 10.1. The van der Waals surface area contributed by atoms with Gasteiger partial charge in [0, 0.05) is 53.8 Å². The van der Waals surface area contributed by atoms with Crippen molar-refractivity contribution in [2.75, 3.05) is 0 Å². The molecular weight excluding hydrogens is 350 g/mol. The van der Waals surface area contributed by atoms with Crippen LogP contribution in [0.5, 0.6) is 0 Å². The van der Waals surface area contributed by atoms with Crippen molar-refractivity contribution in [1.82, 2.24) is 24.8 Å². The first-order valence-corrected chi connectivity index (χ1v) is 9.63. The second-order valence-electron chi connectivity index (χ2n) is 7.11. The molecule has 0 bridgehead atoms. The van der Waals surface area contributed by atoms with E-state index in [1.165, 1.54) is 16.6 Å². The van der Waals surface area contributed by atoms with Crippen molar-refractivity contribution in [1.29, 1.82) is 0 Å². The Hall–Kier alpha value is -3.28. The minimum atomic E-state index is -0.320. The normalized spacial score (nSPS) is 12.4. The molecule has 1 unspecified atom stereocenters. The quantitative estimate of drug-likeness (QED) is 0.461. The largest absolute Gasteiger partial charge is 0.358 e. The van der Waals surface area contributed by atoms with Crippen molar-refractivity contribution in [3.63, 3.8) is 0 Å². The molecule has 0 radical (unpaired) electrons. The third-order valence-electron chi connectivity index (χ3n) is 5.30. The summed E-state index contributed by atoms with van der Waals surface area (Å²) >= 11 is 0. The summed E-state index contributed by atoms with van der Waals surface area (Å²) in [5.74, 6) is -0.00839. The Morgan fingerprint density at radius 2 is 2.11 bits per heavy atom. The second kappa shape index (κ2) is 7.76. The Morgan fingerprint density at radius 3 is 2.82 bits per heavy atom. The molecule has 0 saturated heterocycles. The number of aromatic amines is 2. The molecule has 0 spiro atoms. The fourth-order valence-corrected chi connectivity index (χ4v) is 3.69. The van der Waals surface area contributed by atoms with Gasteiger partial charge in [-0.05, 0) is 48.7 Å². The zero-order chi connectivity index (χ0) is 19.5.